The molecule has 1 saturated carbocycles. The summed E-state index contributed by atoms with van der Waals surface area (Å²) in [5, 5.41) is 9.57. The Morgan fingerprint density at radius 1 is 1.33 bits per heavy atom. The minimum Gasteiger partial charge on any atom is -0.480 e. The van der Waals surface area contributed by atoms with Gasteiger partial charge >= 0.3 is 5.97 Å². The zero-order valence-corrected chi connectivity index (χ0v) is 13.2. The van der Waals surface area contributed by atoms with Gasteiger partial charge in [0.15, 0.2) is 0 Å². The molecule has 0 unspecified atom stereocenters. The van der Waals surface area contributed by atoms with Crippen LogP contribution in [0.3, 0.4) is 0 Å². The van der Waals surface area contributed by atoms with Crippen LogP contribution in [0.1, 0.15) is 32.6 Å². The molecule has 0 spiro atoms. The first-order chi connectivity index (χ1) is 9.77. The molecule has 1 aliphatic carbocycles. The Bertz CT molecular complexity index is 636. The van der Waals surface area contributed by atoms with Crippen LogP contribution in [0, 0.1) is 5.92 Å². The van der Waals surface area contributed by atoms with Crippen molar-refractivity contribution in [2.24, 2.45) is 5.92 Å². The lowest BCUT2D eigenvalue weighted by Gasteiger charge is -2.36. The van der Waals surface area contributed by atoms with Crippen molar-refractivity contribution >= 4 is 27.6 Å². The lowest BCUT2D eigenvalue weighted by Crippen LogP contribution is -2.56. The van der Waals surface area contributed by atoms with Crippen LogP contribution in [0.4, 0.5) is 0 Å². The monoisotopic (exact) mass is 331 g/mol. The number of carboxylic acids is 1. The van der Waals surface area contributed by atoms with Crippen molar-refractivity contribution in [1.82, 2.24) is 4.72 Å². The third-order valence-corrected chi connectivity index (χ3v) is 6.03. The van der Waals surface area contributed by atoms with Gasteiger partial charge in [-0.15, -0.1) is 0 Å². The van der Waals surface area contributed by atoms with Gasteiger partial charge in [-0.25, -0.2) is 8.42 Å². The average Bonchev–Trinajstić information content (AvgIpc) is 2.41. The number of sulfonamides is 1. The largest absolute Gasteiger partial charge is 0.480 e. The van der Waals surface area contributed by atoms with Crippen molar-refractivity contribution in [2.75, 3.05) is 0 Å². The lowest BCUT2D eigenvalue weighted by molar-refractivity contribution is -0.145. The molecule has 0 aliphatic heterocycles. The maximum Gasteiger partial charge on any atom is 0.324 e. The minimum atomic E-state index is -3.97. The van der Waals surface area contributed by atoms with Gasteiger partial charge in [-0.2, -0.15) is 4.72 Å². The van der Waals surface area contributed by atoms with E-state index in [1.165, 1.54) is 12.1 Å². The summed E-state index contributed by atoms with van der Waals surface area (Å²) in [6, 6.07) is 6.01. The summed E-state index contributed by atoms with van der Waals surface area (Å²) >= 11 is 5.91. The standard InChI is InChI=1S/C14H18ClNO4S/c1-10-6-8-14(9-7-10,13(17)18)16-21(19,20)12-5-3-2-4-11(12)15/h2-5,10,16H,6-9H2,1H3,(H,17,18). The Hall–Kier alpha value is -1.11. The Labute approximate surface area is 129 Å². The van der Waals surface area contributed by atoms with Gasteiger partial charge in [0.2, 0.25) is 10.0 Å². The predicted octanol–water partition coefficient (Wildman–Crippen LogP) is 2.65. The summed E-state index contributed by atoms with van der Waals surface area (Å²) in [5.74, 6) is -0.729. The first kappa shape index (κ1) is 16.3. The number of hydrogen-bond donors (Lipinski definition) is 2. The molecule has 0 amide bonds. The Morgan fingerprint density at radius 2 is 1.90 bits per heavy atom. The van der Waals surface area contributed by atoms with Crippen LogP contribution in [-0.4, -0.2) is 25.0 Å². The predicted molar refractivity (Wildman–Crippen MR) is 79.8 cm³/mol. The number of rotatable bonds is 4. The topological polar surface area (TPSA) is 83.5 Å². The molecule has 2 rings (SSSR count). The smallest absolute Gasteiger partial charge is 0.324 e. The molecular weight excluding hydrogens is 314 g/mol. The quantitative estimate of drug-likeness (QED) is 0.888. The Balaban J connectivity index is 2.33. The van der Waals surface area contributed by atoms with E-state index in [9.17, 15) is 18.3 Å². The van der Waals surface area contributed by atoms with Gasteiger partial charge in [-0.05, 0) is 43.7 Å². The SMILES string of the molecule is CC1CCC(NS(=O)(=O)c2ccccc2Cl)(C(=O)O)CC1. The molecule has 0 saturated heterocycles. The normalized spacial score (nSPS) is 26.5. The summed E-state index contributed by atoms with van der Waals surface area (Å²) < 4.78 is 27.3. The maximum absolute atomic E-state index is 12.5. The van der Waals surface area contributed by atoms with Crippen LogP contribution in [0.25, 0.3) is 0 Å². The average molecular weight is 332 g/mol. The second-order valence-corrected chi connectivity index (χ2v) is 7.66. The van der Waals surface area contributed by atoms with E-state index in [4.69, 9.17) is 11.6 Å². The zero-order chi connectivity index (χ0) is 15.7. The number of halogens is 1. The van der Waals surface area contributed by atoms with Crippen molar-refractivity contribution in [3.8, 4) is 0 Å². The van der Waals surface area contributed by atoms with Crippen molar-refractivity contribution in [2.45, 2.75) is 43.0 Å². The van der Waals surface area contributed by atoms with E-state index in [2.05, 4.69) is 4.72 Å². The van der Waals surface area contributed by atoms with Gasteiger partial charge in [0.25, 0.3) is 0 Å². The molecule has 5 nitrogen and oxygen atoms in total. The molecule has 1 fully saturated rings. The molecule has 1 aliphatic rings. The summed E-state index contributed by atoms with van der Waals surface area (Å²) in [4.78, 5) is 11.5. The highest BCUT2D eigenvalue weighted by molar-refractivity contribution is 7.89. The van der Waals surface area contributed by atoms with Crippen LogP contribution < -0.4 is 4.72 Å². The fourth-order valence-corrected chi connectivity index (χ4v) is 4.53. The minimum absolute atomic E-state index is 0.0784. The number of carbonyl (C=O) groups is 1. The zero-order valence-electron chi connectivity index (χ0n) is 11.7. The van der Waals surface area contributed by atoms with E-state index in [1.54, 1.807) is 12.1 Å². The number of carboxylic acid groups (broad SMARTS) is 1. The summed E-state index contributed by atoms with van der Waals surface area (Å²) in [5.41, 5.74) is -1.44. The van der Waals surface area contributed by atoms with Crippen LogP contribution in [0.2, 0.25) is 5.02 Å². The van der Waals surface area contributed by atoms with Crippen molar-refractivity contribution < 1.29 is 18.3 Å². The van der Waals surface area contributed by atoms with E-state index in [0.29, 0.717) is 18.8 Å². The van der Waals surface area contributed by atoms with Crippen molar-refractivity contribution in [3.05, 3.63) is 29.3 Å². The van der Waals surface area contributed by atoms with Gasteiger partial charge < -0.3 is 5.11 Å². The van der Waals surface area contributed by atoms with Crippen LogP contribution >= 0.6 is 11.6 Å². The van der Waals surface area contributed by atoms with Gasteiger partial charge in [-0.3, -0.25) is 4.79 Å². The van der Waals surface area contributed by atoms with Crippen molar-refractivity contribution in [1.29, 1.82) is 0 Å². The van der Waals surface area contributed by atoms with E-state index >= 15 is 0 Å². The fraction of sp³-hybridized carbons (Fsp3) is 0.500. The van der Waals surface area contributed by atoms with Gasteiger partial charge in [0.05, 0.1) is 5.02 Å². The first-order valence-electron chi connectivity index (χ1n) is 6.79. The van der Waals surface area contributed by atoms with Crippen LogP contribution in [0.15, 0.2) is 29.2 Å². The summed E-state index contributed by atoms with van der Waals surface area (Å²) in [6.07, 6.45) is 1.93. The van der Waals surface area contributed by atoms with E-state index < -0.39 is 21.5 Å². The molecule has 1 aromatic carbocycles. The summed E-state index contributed by atoms with van der Waals surface area (Å²) in [6.45, 7) is 2.04. The van der Waals surface area contributed by atoms with E-state index in [1.807, 2.05) is 6.92 Å². The Kier molecular flexibility index (Phi) is 4.60. The second-order valence-electron chi connectivity index (χ2n) is 5.61. The summed E-state index contributed by atoms with van der Waals surface area (Å²) in [7, 11) is -3.97. The number of aliphatic carboxylic acids is 1. The first-order valence-corrected chi connectivity index (χ1v) is 8.65. The third-order valence-electron chi connectivity index (χ3n) is 3.99. The molecule has 0 aromatic heterocycles. The highest BCUT2D eigenvalue weighted by Crippen LogP contribution is 2.34. The molecule has 0 radical (unpaired) electrons. The third kappa shape index (κ3) is 3.39. The molecule has 1 aromatic rings. The van der Waals surface area contributed by atoms with Crippen molar-refractivity contribution in [3.63, 3.8) is 0 Å². The molecule has 116 valence electrons. The molecule has 2 N–H and O–H groups in total. The highest BCUT2D eigenvalue weighted by Gasteiger charge is 2.44. The Morgan fingerprint density at radius 3 is 2.43 bits per heavy atom. The van der Waals surface area contributed by atoms with Gasteiger partial charge in [0, 0.05) is 0 Å². The lowest BCUT2D eigenvalue weighted by atomic mass is 9.78. The number of hydrogen-bond acceptors (Lipinski definition) is 3. The molecule has 0 atom stereocenters. The van der Waals surface area contributed by atoms with Crippen LogP contribution in [0.5, 0.6) is 0 Å². The molecule has 0 bridgehead atoms. The molecular formula is C14H18ClNO4S. The van der Waals surface area contributed by atoms with Gasteiger partial charge in [-0.1, -0.05) is 30.7 Å². The molecule has 21 heavy (non-hydrogen) atoms. The second kappa shape index (κ2) is 5.94. The van der Waals surface area contributed by atoms with Crippen LogP contribution in [-0.2, 0) is 14.8 Å². The fourth-order valence-electron chi connectivity index (χ4n) is 2.59. The van der Waals surface area contributed by atoms with Gasteiger partial charge in [0.1, 0.15) is 10.4 Å². The van der Waals surface area contributed by atoms with E-state index in [-0.39, 0.29) is 22.8 Å². The number of nitrogens with one attached hydrogen (secondary N) is 1. The maximum atomic E-state index is 12.5. The number of benzene rings is 1. The molecule has 0 heterocycles. The molecule has 7 heteroatoms. The van der Waals surface area contributed by atoms with E-state index in [0.717, 1.165) is 0 Å². The highest BCUT2D eigenvalue weighted by atomic mass is 35.5.